The molecule has 0 unspecified atom stereocenters. The van der Waals surface area contributed by atoms with Crippen molar-refractivity contribution in [1.29, 1.82) is 0 Å². The lowest BCUT2D eigenvalue weighted by Crippen LogP contribution is -1.93. The van der Waals surface area contributed by atoms with Gasteiger partial charge in [0, 0.05) is 10.0 Å². The molecule has 0 amide bonds. The summed E-state index contributed by atoms with van der Waals surface area (Å²) >= 11 is 11.6. The molecule has 0 bridgehead atoms. The summed E-state index contributed by atoms with van der Waals surface area (Å²) < 4.78 is 5.13. The van der Waals surface area contributed by atoms with E-state index in [0.717, 1.165) is 5.56 Å². The van der Waals surface area contributed by atoms with Gasteiger partial charge in [0.15, 0.2) is 0 Å². The Morgan fingerprint density at radius 1 is 1.38 bits per heavy atom. The minimum absolute atomic E-state index is 0.291. The molecular weight excluding hydrogens is 207 g/mol. The first-order valence-corrected chi connectivity index (χ1v) is 4.45. The first-order valence-electron chi connectivity index (χ1n) is 3.69. The van der Waals surface area contributed by atoms with Crippen LogP contribution in [0.4, 0.5) is 0 Å². The molecule has 0 heterocycles. The standard InChI is InChI=1S/C10H8Cl2O/c1-2-5-13-7-8-3-4-9(11)6-10(8)12/h1,3-4,6H,5,7H2. The topological polar surface area (TPSA) is 9.23 Å². The van der Waals surface area contributed by atoms with Crippen molar-refractivity contribution in [2.24, 2.45) is 0 Å². The summed E-state index contributed by atoms with van der Waals surface area (Å²) in [6.45, 7) is 0.707. The van der Waals surface area contributed by atoms with Crippen molar-refractivity contribution in [2.75, 3.05) is 6.61 Å². The summed E-state index contributed by atoms with van der Waals surface area (Å²) in [5.41, 5.74) is 0.890. The molecule has 0 saturated heterocycles. The molecule has 1 aromatic rings. The Bertz CT molecular complexity index is 328. The highest BCUT2D eigenvalue weighted by Gasteiger charge is 2.00. The summed E-state index contributed by atoms with van der Waals surface area (Å²) in [6.07, 6.45) is 5.03. The zero-order chi connectivity index (χ0) is 9.68. The molecule has 3 heteroatoms. The molecule has 1 rings (SSSR count). The molecule has 0 spiro atoms. The van der Waals surface area contributed by atoms with Crippen LogP contribution in [0.2, 0.25) is 10.0 Å². The fraction of sp³-hybridized carbons (Fsp3) is 0.200. The lowest BCUT2D eigenvalue weighted by molar-refractivity contribution is 0.153. The molecule has 0 atom stereocenters. The van der Waals surface area contributed by atoms with Gasteiger partial charge >= 0.3 is 0 Å². The van der Waals surface area contributed by atoms with Crippen LogP contribution < -0.4 is 0 Å². The van der Waals surface area contributed by atoms with Gasteiger partial charge in [-0.05, 0) is 17.7 Å². The molecule has 0 radical (unpaired) electrons. The average Bonchev–Trinajstić information content (AvgIpc) is 2.09. The fourth-order valence-electron chi connectivity index (χ4n) is 0.859. The molecule has 0 aliphatic carbocycles. The minimum Gasteiger partial charge on any atom is -0.364 e. The van der Waals surface area contributed by atoms with Crippen molar-refractivity contribution in [3.8, 4) is 12.3 Å². The Morgan fingerprint density at radius 2 is 2.15 bits per heavy atom. The first kappa shape index (κ1) is 10.4. The number of terminal acetylenes is 1. The van der Waals surface area contributed by atoms with Gasteiger partial charge < -0.3 is 4.74 Å². The van der Waals surface area contributed by atoms with Crippen LogP contribution in [0.1, 0.15) is 5.56 Å². The molecule has 0 saturated carbocycles. The van der Waals surface area contributed by atoms with Crippen molar-refractivity contribution in [1.82, 2.24) is 0 Å². The van der Waals surface area contributed by atoms with Crippen molar-refractivity contribution >= 4 is 23.2 Å². The molecule has 1 aromatic carbocycles. The van der Waals surface area contributed by atoms with Crippen molar-refractivity contribution in [2.45, 2.75) is 6.61 Å². The smallest absolute Gasteiger partial charge is 0.107 e. The third-order valence-corrected chi connectivity index (χ3v) is 2.05. The molecule has 0 fully saturated rings. The minimum atomic E-state index is 0.291. The number of hydrogen-bond donors (Lipinski definition) is 0. The highest BCUT2D eigenvalue weighted by Crippen LogP contribution is 2.21. The largest absolute Gasteiger partial charge is 0.364 e. The van der Waals surface area contributed by atoms with E-state index in [0.29, 0.717) is 23.3 Å². The average molecular weight is 215 g/mol. The molecule has 13 heavy (non-hydrogen) atoms. The van der Waals surface area contributed by atoms with Crippen LogP contribution in [-0.2, 0) is 11.3 Å². The van der Waals surface area contributed by atoms with Gasteiger partial charge in [-0.2, -0.15) is 0 Å². The molecule has 1 nitrogen and oxygen atoms in total. The van der Waals surface area contributed by atoms with E-state index in [9.17, 15) is 0 Å². The Balaban J connectivity index is 2.62. The Hall–Kier alpha value is -0.680. The summed E-state index contributed by atoms with van der Waals surface area (Å²) in [7, 11) is 0. The third-order valence-electron chi connectivity index (χ3n) is 1.46. The summed E-state index contributed by atoms with van der Waals surface area (Å²) in [5, 5.41) is 1.22. The lowest BCUT2D eigenvalue weighted by atomic mass is 10.2. The molecular formula is C10H8Cl2O. The van der Waals surface area contributed by atoms with E-state index in [2.05, 4.69) is 5.92 Å². The maximum atomic E-state index is 5.89. The zero-order valence-electron chi connectivity index (χ0n) is 6.89. The highest BCUT2D eigenvalue weighted by molar-refractivity contribution is 6.35. The third kappa shape index (κ3) is 3.28. The SMILES string of the molecule is C#CCOCc1ccc(Cl)cc1Cl. The van der Waals surface area contributed by atoms with Crippen LogP contribution in [0.15, 0.2) is 18.2 Å². The van der Waals surface area contributed by atoms with Gasteiger partial charge in [-0.15, -0.1) is 6.42 Å². The Kier molecular flexibility index (Phi) is 4.11. The predicted octanol–water partition coefficient (Wildman–Crippen LogP) is 3.14. The number of ether oxygens (including phenoxy) is 1. The second-order valence-electron chi connectivity index (χ2n) is 2.43. The summed E-state index contributed by atoms with van der Waals surface area (Å²) in [6, 6.07) is 5.26. The van der Waals surface area contributed by atoms with Crippen LogP contribution in [0.25, 0.3) is 0 Å². The van der Waals surface area contributed by atoms with Gasteiger partial charge in [0.25, 0.3) is 0 Å². The van der Waals surface area contributed by atoms with Crippen LogP contribution in [-0.4, -0.2) is 6.61 Å². The van der Waals surface area contributed by atoms with Crippen LogP contribution in [0.3, 0.4) is 0 Å². The van der Waals surface area contributed by atoms with Gasteiger partial charge in [-0.25, -0.2) is 0 Å². The van der Waals surface area contributed by atoms with Crippen molar-refractivity contribution < 1.29 is 4.74 Å². The summed E-state index contributed by atoms with van der Waals surface area (Å²) in [4.78, 5) is 0. The maximum Gasteiger partial charge on any atom is 0.107 e. The summed E-state index contributed by atoms with van der Waals surface area (Å²) in [5.74, 6) is 2.38. The number of halogens is 2. The van der Waals surface area contributed by atoms with E-state index in [1.54, 1.807) is 12.1 Å². The van der Waals surface area contributed by atoms with Gasteiger partial charge in [-0.3, -0.25) is 0 Å². The number of benzene rings is 1. The van der Waals surface area contributed by atoms with E-state index in [1.165, 1.54) is 0 Å². The van der Waals surface area contributed by atoms with E-state index < -0.39 is 0 Å². The number of hydrogen-bond acceptors (Lipinski definition) is 1. The van der Waals surface area contributed by atoms with Gasteiger partial charge in [-0.1, -0.05) is 35.2 Å². The van der Waals surface area contributed by atoms with Gasteiger partial charge in [0.1, 0.15) is 6.61 Å². The fourth-order valence-corrected chi connectivity index (χ4v) is 1.32. The van der Waals surface area contributed by atoms with Crippen molar-refractivity contribution in [3.05, 3.63) is 33.8 Å². The van der Waals surface area contributed by atoms with Gasteiger partial charge in [0.05, 0.1) is 6.61 Å². The van der Waals surface area contributed by atoms with E-state index in [4.69, 9.17) is 34.4 Å². The van der Waals surface area contributed by atoms with Gasteiger partial charge in [0.2, 0.25) is 0 Å². The van der Waals surface area contributed by atoms with Crippen LogP contribution in [0, 0.1) is 12.3 Å². The first-order chi connectivity index (χ1) is 6.24. The highest BCUT2D eigenvalue weighted by atomic mass is 35.5. The second-order valence-corrected chi connectivity index (χ2v) is 3.28. The normalized spacial score (nSPS) is 9.62. The Morgan fingerprint density at radius 3 is 2.77 bits per heavy atom. The lowest BCUT2D eigenvalue weighted by Gasteiger charge is -2.03. The molecule has 0 N–H and O–H groups in total. The number of rotatable bonds is 3. The molecule has 0 aliphatic rings. The second kappa shape index (κ2) is 5.14. The zero-order valence-corrected chi connectivity index (χ0v) is 8.40. The molecule has 68 valence electrons. The van der Waals surface area contributed by atoms with E-state index >= 15 is 0 Å². The Labute approximate surface area is 87.6 Å². The quantitative estimate of drug-likeness (QED) is 0.555. The van der Waals surface area contributed by atoms with E-state index in [1.807, 2.05) is 6.07 Å². The van der Waals surface area contributed by atoms with E-state index in [-0.39, 0.29) is 0 Å². The molecule has 0 aliphatic heterocycles. The van der Waals surface area contributed by atoms with Crippen LogP contribution in [0.5, 0.6) is 0 Å². The monoisotopic (exact) mass is 214 g/mol. The molecule has 0 aromatic heterocycles. The van der Waals surface area contributed by atoms with Crippen molar-refractivity contribution in [3.63, 3.8) is 0 Å². The maximum absolute atomic E-state index is 5.89. The van der Waals surface area contributed by atoms with Crippen LogP contribution >= 0.6 is 23.2 Å². The predicted molar refractivity (Wildman–Crippen MR) is 55.0 cm³/mol.